The fourth-order valence-corrected chi connectivity index (χ4v) is 4.51. The minimum Gasteiger partial charge on any atom is -0.478 e. The Morgan fingerprint density at radius 2 is 1.14 bits per heavy atom. The molecule has 7 nitrogen and oxygen atoms in total. The Hall–Kier alpha value is -4.59. The zero-order valence-electron chi connectivity index (χ0n) is 24.5. The molecule has 0 fully saturated rings. The lowest BCUT2D eigenvalue weighted by molar-refractivity contribution is -0.131. The lowest BCUT2D eigenvalue weighted by Crippen LogP contribution is -2.34. The van der Waals surface area contributed by atoms with E-state index in [9.17, 15) is 24.6 Å². The first-order chi connectivity index (χ1) is 19.8. The van der Waals surface area contributed by atoms with Gasteiger partial charge in [0.15, 0.2) is 0 Å². The average molecular weight is 571 g/mol. The molecule has 4 N–H and O–H groups in total. The van der Waals surface area contributed by atoms with Crippen molar-refractivity contribution in [1.82, 2.24) is 0 Å². The number of aliphatic hydroxyl groups is 2. The molecule has 4 aromatic carbocycles. The van der Waals surface area contributed by atoms with Gasteiger partial charge in [0.1, 0.15) is 0 Å². The van der Waals surface area contributed by atoms with Gasteiger partial charge in [0, 0.05) is 11.5 Å². The molecule has 0 heterocycles. The summed E-state index contributed by atoms with van der Waals surface area (Å²) in [7, 11) is 0. The number of carboxylic acids is 2. The second-order valence-corrected chi connectivity index (χ2v) is 10.2. The zero-order valence-corrected chi connectivity index (χ0v) is 24.5. The number of carboxylic acid groups (broad SMARTS) is 2. The molecule has 0 spiro atoms. The second-order valence-electron chi connectivity index (χ2n) is 10.2. The van der Waals surface area contributed by atoms with Gasteiger partial charge >= 0.3 is 11.9 Å². The molecule has 0 bridgehead atoms. The molecule has 0 aromatic heterocycles. The minimum absolute atomic E-state index is 0.308. The molecule has 4 rings (SSSR count). The molecule has 7 heteroatoms. The van der Waals surface area contributed by atoms with Gasteiger partial charge in [-0.25, -0.2) is 9.59 Å². The molecule has 220 valence electrons. The highest BCUT2D eigenvalue weighted by Crippen LogP contribution is 2.37. The van der Waals surface area contributed by atoms with E-state index in [0.29, 0.717) is 11.1 Å². The van der Waals surface area contributed by atoms with E-state index in [4.69, 9.17) is 10.2 Å². The van der Waals surface area contributed by atoms with E-state index in [2.05, 4.69) is 0 Å². The summed E-state index contributed by atoms with van der Waals surface area (Å²) in [6.45, 7) is 9.02. The molecule has 0 aliphatic rings. The van der Waals surface area contributed by atoms with Crippen molar-refractivity contribution in [2.75, 3.05) is 0 Å². The fraction of sp³-hybridized carbons (Fsp3) is 0.229. The summed E-state index contributed by atoms with van der Waals surface area (Å²) in [5, 5.41) is 38.1. The van der Waals surface area contributed by atoms with Crippen LogP contribution in [0, 0.1) is 26.7 Å². The number of hydrogen-bond acceptors (Lipinski definition) is 5. The predicted molar refractivity (Wildman–Crippen MR) is 163 cm³/mol. The Labute approximate surface area is 246 Å². The van der Waals surface area contributed by atoms with Crippen molar-refractivity contribution in [1.29, 1.82) is 0 Å². The molecule has 0 aliphatic heterocycles. The van der Waals surface area contributed by atoms with Gasteiger partial charge in [0.05, 0.1) is 17.3 Å². The molecule has 0 saturated heterocycles. The summed E-state index contributed by atoms with van der Waals surface area (Å²) < 4.78 is 0. The molecule has 0 amide bonds. The Kier molecular flexibility index (Phi) is 12.3. The van der Waals surface area contributed by atoms with Gasteiger partial charge in [-0.1, -0.05) is 103 Å². The number of hydrogen-bond donors (Lipinski definition) is 4. The van der Waals surface area contributed by atoms with Crippen LogP contribution in [-0.4, -0.2) is 38.1 Å². The third-order valence-corrected chi connectivity index (χ3v) is 6.98. The van der Waals surface area contributed by atoms with Gasteiger partial charge < -0.3 is 20.4 Å². The molecule has 0 aliphatic carbocycles. The lowest BCUT2D eigenvalue weighted by atomic mass is 9.79. The normalized spacial score (nSPS) is 13.1. The highest BCUT2D eigenvalue weighted by Gasteiger charge is 2.35. The Morgan fingerprint density at radius 3 is 1.55 bits per heavy atom. The second kappa shape index (κ2) is 15.4. The van der Waals surface area contributed by atoms with Crippen LogP contribution in [0.2, 0.25) is 0 Å². The van der Waals surface area contributed by atoms with Crippen molar-refractivity contribution in [3.05, 3.63) is 142 Å². The monoisotopic (exact) mass is 570 g/mol. The number of aromatic carboxylic acids is 1. The van der Waals surface area contributed by atoms with Crippen LogP contribution in [0.5, 0.6) is 0 Å². The Morgan fingerprint density at radius 1 is 0.714 bits per heavy atom. The van der Waals surface area contributed by atoms with E-state index in [-0.39, 0.29) is 5.92 Å². The summed E-state index contributed by atoms with van der Waals surface area (Å²) in [5.41, 5.74) is 3.67. The van der Waals surface area contributed by atoms with Crippen molar-refractivity contribution in [3.8, 4) is 0 Å². The molecule has 3 unspecified atom stereocenters. The van der Waals surface area contributed by atoms with Crippen molar-refractivity contribution in [2.45, 2.75) is 46.3 Å². The maximum atomic E-state index is 11.3. The summed E-state index contributed by atoms with van der Waals surface area (Å²) in [6.07, 6.45) is -0.698. The summed E-state index contributed by atoms with van der Waals surface area (Å²) in [4.78, 5) is 32.0. The van der Waals surface area contributed by atoms with Crippen LogP contribution in [0.3, 0.4) is 0 Å². The van der Waals surface area contributed by atoms with Crippen LogP contribution in [0.4, 0.5) is 0 Å². The van der Waals surface area contributed by atoms with Gasteiger partial charge in [0.2, 0.25) is 0 Å². The highest BCUT2D eigenvalue weighted by molar-refractivity contribution is 6.40. The van der Waals surface area contributed by atoms with Crippen LogP contribution in [0.1, 0.15) is 68.5 Å². The molecule has 42 heavy (non-hydrogen) atoms. The number of aryl methyl sites for hydroxylation is 3. The van der Waals surface area contributed by atoms with Crippen LogP contribution >= 0.6 is 0 Å². The quantitative estimate of drug-likeness (QED) is 0.147. The SMILES string of the molecule is CC(C(O)c1ccccc1)C(C)(O)c1ccccc1.Cc1cc(C)c(C(=O)C(=O)O)c(C)c1.O=C(O)c1ccccc1. The number of Topliss-reactive ketones (excluding diaryl/α,β-unsaturated/α-hetero) is 1. The first-order valence-corrected chi connectivity index (χ1v) is 13.4. The number of carbonyl (C=O) groups excluding carboxylic acids is 1. The van der Waals surface area contributed by atoms with Crippen molar-refractivity contribution in [2.24, 2.45) is 5.92 Å². The highest BCUT2D eigenvalue weighted by atomic mass is 16.4. The Bertz CT molecular complexity index is 1440. The maximum Gasteiger partial charge on any atom is 0.377 e. The number of ketones is 1. The van der Waals surface area contributed by atoms with Gasteiger partial charge in [-0.05, 0) is 62.1 Å². The van der Waals surface area contributed by atoms with E-state index in [1.807, 2.05) is 86.6 Å². The first-order valence-electron chi connectivity index (χ1n) is 13.4. The van der Waals surface area contributed by atoms with E-state index in [0.717, 1.165) is 27.8 Å². The molecular weight excluding hydrogens is 532 g/mol. The van der Waals surface area contributed by atoms with Crippen molar-refractivity contribution in [3.63, 3.8) is 0 Å². The largest absolute Gasteiger partial charge is 0.478 e. The standard InChI is InChI=1S/C17H20O2.C11H12O3.C7H6O2/c1-13(16(18)14-9-5-3-6-10-14)17(2,19)15-11-7-4-8-12-15;1-6-4-7(2)9(8(3)5-6)10(12)11(13)14;8-7(9)6-4-2-1-3-5-6/h3-13,16,18-19H,1-2H3;4-5H,1-3H3,(H,13,14);1-5H,(H,8,9). The van der Waals surface area contributed by atoms with Gasteiger partial charge in [0.25, 0.3) is 5.78 Å². The topological polar surface area (TPSA) is 132 Å². The predicted octanol–water partition coefficient (Wildman–Crippen LogP) is 6.53. The third kappa shape index (κ3) is 9.23. The van der Waals surface area contributed by atoms with Crippen LogP contribution in [-0.2, 0) is 10.4 Å². The smallest absolute Gasteiger partial charge is 0.377 e. The van der Waals surface area contributed by atoms with Crippen LogP contribution in [0.15, 0.2) is 103 Å². The van der Waals surface area contributed by atoms with Gasteiger partial charge in [-0.2, -0.15) is 0 Å². The number of aliphatic carboxylic acids is 1. The summed E-state index contributed by atoms with van der Waals surface area (Å²) >= 11 is 0. The molecule has 0 saturated carbocycles. The summed E-state index contributed by atoms with van der Waals surface area (Å²) in [5.74, 6) is -3.42. The average Bonchev–Trinajstić information content (AvgIpc) is 2.97. The zero-order chi connectivity index (χ0) is 31.4. The Balaban J connectivity index is 0.000000235. The number of carbonyl (C=O) groups is 3. The third-order valence-electron chi connectivity index (χ3n) is 6.98. The van der Waals surface area contributed by atoms with Crippen LogP contribution < -0.4 is 0 Å². The van der Waals surface area contributed by atoms with Crippen molar-refractivity contribution >= 4 is 17.7 Å². The molecule has 0 radical (unpaired) electrons. The molecular formula is C35H38O7. The summed E-state index contributed by atoms with van der Waals surface area (Å²) in [6, 6.07) is 30.8. The molecule has 3 atom stereocenters. The number of rotatable bonds is 7. The minimum atomic E-state index is -1.40. The van der Waals surface area contributed by atoms with Crippen LogP contribution in [0.25, 0.3) is 0 Å². The number of benzene rings is 4. The first kappa shape index (κ1) is 33.6. The number of aliphatic hydroxyl groups excluding tert-OH is 1. The fourth-order valence-electron chi connectivity index (χ4n) is 4.51. The van der Waals surface area contributed by atoms with Crippen molar-refractivity contribution < 1.29 is 34.8 Å². The van der Waals surface area contributed by atoms with E-state index in [1.165, 1.54) is 0 Å². The molecule has 4 aromatic rings. The maximum absolute atomic E-state index is 11.3. The van der Waals surface area contributed by atoms with E-state index in [1.54, 1.807) is 51.1 Å². The lowest BCUT2D eigenvalue weighted by Gasteiger charge is -2.34. The van der Waals surface area contributed by atoms with Gasteiger partial charge in [-0.3, -0.25) is 4.79 Å². The van der Waals surface area contributed by atoms with E-state index < -0.39 is 29.4 Å². The van der Waals surface area contributed by atoms with Gasteiger partial charge in [-0.15, -0.1) is 0 Å². The van der Waals surface area contributed by atoms with E-state index >= 15 is 0 Å².